The van der Waals surface area contributed by atoms with Gasteiger partial charge in [-0.15, -0.1) is 0 Å². The fraction of sp³-hybridized carbons (Fsp3) is 0.361. The fourth-order valence-corrected chi connectivity index (χ4v) is 5.05. The summed E-state index contributed by atoms with van der Waals surface area (Å²) in [6.07, 6.45) is 6.87. The van der Waals surface area contributed by atoms with E-state index in [1.165, 1.54) is 11.6 Å². The van der Waals surface area contributed by atoms with Crippen molar-refractivity contribution < 1.29 is 29.6 Å². The third kappa shape index (κ3) is 9.90. The Morgan fingerprint density at radius 1 is 0.814 bits per heavy atom. The summed E-state index contributed by atoms with van der Waals surface area (Å²) in [5, 5.41) is 35.8. The summed E-state index contributed by atoms with van der Waals surface area (Å²) in [5.41, 5.74) is 2.42. The van der Waals surface area contributed by atoms with Crippen LogP contribution in [0.4, 0.5) is 0 Å². The molecule has 0 aliphatic rings. The number of esters is 1. The molecule has 0 spiro atoms. The molecule has 228 valence electrons. The second-order valence-electron chi connectivity index (χ2n) is 10.8. The lowest BCUT2D eigenvalue weighted by atomic mass is 10.0. The Balaban J connectivity index is 1.10. The van der Waals surface area contributed by atoms with Crippen molar-refractivity contribution in [2.45, 2.75) is 57.7 Å². The zero-order valence-corrected chi connectivity index (χ0v) is 24.7. The number of aliphatic hydroxyl groups excluding tert-OH is 2. The maximum atomic E-state index is 12.8. The van der Waals surface area contributed by atoms with Crippen molar-refractivity contribution in [3.05, 3.63) is 107 Å². The number of aromatic hydroxyl groups is 1. The van der Waals surface area contributed by atoms with Crippen molar-refractivity contribution in [1.82, 2.24) is 5.32 Å². The second kappa shape index (κ2) is 17.4. The molecule has 0 aliphatic heterocycles. The quantitative estimate of drug-likeness (QED) is 0.0601. The lowest BCUT2D eigenvalue weighted by Gasteiger charge is -2.16. The molecule has 0 radical (unpaired) electrons. The second-order valence-corrected chi connectivity index (χ2v) is 10.8. The van der Waals surface area contributed by atoms with Gasteiger partial charge in [0, 0.05) is 30.7 Å². The maximum Gasteiger partial charge on any atom is 0.347 e. The smallest absolute Gasteiger partial charge is 0.347 e. The van der Waals surface area contributed by atoms with Gasteiger partial charge in [-0.3, -0.25) is 0 Å². The molecule has 7 heteroatoms. The average Bonchev–Trinajstić information content (AvgIpc) is 3.04. The van der Waals surface area contributed by atoms with Crippen molar-refractivity contribution in [2.75, 3.05) is 26.3 Å². The molecule has 43 heavy (non-hydrogen) atoms. The van der Waals surface area contributed by atoms with Gasteiger partial charge in [0.2, 0.25) is 0 Å². The molecular weight excluding hydrogens is 542 g/mol. The van der Waals surface area contributed by atoms with E-state index in [4.69, 9.17) is 9.47 Å². The molecule has 4 rings (SSSR count). The SMILES string of the molecule is O=C(Oc1ccc(C(O)CNCCCCCCOCCCCc2ccccc2)cc1CO)c1ccc2ccccc2c1O. The van der Waals surface area contributed by atoms with Crippen LogP contribution >= 0.6 is 0 Å². The number of nitrogens with one attached hydrogen (secondary N) is 1. The first-order valence-electron chi connectivity index (χ1n) is 15.2. The van der Waals surface area contributed by atoms with Crippen molar-refractivity contribution in [3.63, 3.8) is 0 Å². The molecule has 0 heterocycles. The van der Waals surface area contributed by atoms with E-state index in [0.29, 0.717) is 23.1 Å². The summed E-state index contributed by atoms with van der Waals surface area (Å²) in [5.74, 6) is -0.691. The number of carbonyl (C=O) groups excluding carboxylic acids is 1. The van der Waals surface area contributed by atoms with Crippen molar-refractivity contribution in [3.8, 4) is 11.5 Å². The van der Waals surface area contributed by atoms with E-state index >= 15 is 0 Å². The zero-order chi connectivity index (χ0) is 30.3. The number of carbonyl (C=O) groups is 1. The van der Waals surface area contributed by atoms with Gasteiger partial charge >= 0.3 is 5.97 Å². The first-order valence-corrected chi connectivity index (χ1v) is 15.2. The lowest BCUT2D eigenvalue weighted by Crippen LogP contribution is -2.22. The molecule has 4 aromatic rings. The minimum Gasteiger partial charge on any atom is -0.506 e. The molecule has 1 unspecified atom stereocenters. The Morgan fingerprint density at radius 3 is 2.37 bits per heavy atom. The van der Waals surface area contributed by atoms with E-state index in [0.717, 1.165) is 70.1 Å². The van der Waals surface area contributed by atoms with Crippen LogP contribution in [-0.4, -0.2) is 47.6 Å². The van der Waals surface area contributed by atoms with E-state index in [2.05, 4.69) is 29.6 Å². The van der Waals surface area contributed by atoms with E-state index in [1.54, 1.807) is 36.4 Å². The summed E-state index contributed by atoms with van der Waals surface area (Å²) in [6, 6.07) is 25.9. The summed E-state index contributed by atoms with van der Waals surface area (Å²) >= 11 is 0. The number of aliphatic hydroxyl groups is 2. The average molecular weight is 586 g/mol. The van der Waals surface area contributed by atoms with Crippen molar-refractivity contribution in [2.24, 2.45) is 0 Å². The van der Waals surface area contributed by atoms with Crippen LogP contribution in [0.15, 0.2) is 84.9 Å². The number of benzene rings is 4. The molecule has 0 amide bonds. The van der Waals surface area contributed by atoms with Crippen molar-refractivity contribution in [1.29, 1.82) is 0 Å². The summed E-state index contributed by atoms with van der Waals surface area (Å²) in [6.45, 7) is 2.44. The van der Waals surface area contributed by atoms with Gasteiger partial charge < -0.3 is 30.1 Å². The molecule has 0 aromatic heterocycles. The van der Waals surface area contributed by atoms with E-state index in [9.17, 15) is 20.1 Å². The van der Waals surface area contributed by atoms with Crippen LogP contribution in [0.25, 0.3) is 10.8 Å². The van der Waals surface area contributed by atoms with Crippen LogP contribution in [0.1, 0.15) is 71.7 Å². The Kier molecular flexibility index (Phi) is 13.0. The number of fused-ring (bicyclic) bond motifs is 1. The van der Waals surface area contributed by atoms with E-state index in [-0.39, 0.29) is 23.7 Å². The molecule has 7 nitrogen and oxygen atoms in total. The van der Waals surface area contributed by atoms with E-state index in [1.807, 2.05) is 18.2 Å². The molecule has 0 saturated heterocycles. The summed E-state index contributed by atoms with van der Waals surface area (Å²) in [7, 11) is 0. The van der Waals surface area contributed by atoms with Crippen molar-refractivity contribution >= 4 is 16.7 Å². The normalized spacial score (nSPS) is 12.0. The summed E-state index contributed by atoms with van der Waals surface area (Å²) < 4.78 is 11.3. The first-order chi connectivity index (χ1) is 21.1. The molecule has 4 aromatic carbocycles. The monoisotopic (exact) mass is 585 g/mol. The number of phenols is 1. The minimum atomic E-state index is -0.769. The fourth-order valence-electron chi connectivity index (χ4n) is 5.05. The third-order valence-corrected chi connectivity index (χ3v) is 7.54. The predicted molar refractivity (Wildman–Crippen MR) is 169 cm³/mol. The van der Waals surface area contributed by atoms with Gasteiger partial charge in [-0.2, -0.15) is 0 Å². The summed E-state index contributed by atoms with van der Waals surface area (Å²) in [4.78, 5) is 12.8. The van der Waals surface area contributed by atoms with Crippen LogP contribution in [0.2, 0.25) is 0 Å². The number of hydrogen-bond acceptors (Lipinski definition) is 7. The molecule has 0 bridgehead atoms. The van der Waals surface area contributed by atoms with Crippen LogP contribution in [0.3, 0.4) is 0 Å². The zero-order valence-electron chi connectivity index (χ0n) is 24.7. The highest BCUT2D eigenvalue weighted by Gasteiger charge is 2.18. The molecule has 4 N–H and O–H groups in total. The largest absolute Gasteiger partial charge is 0.506 e. The number of hydrogen-bond donors (Lipinski definition) is 4. The number of rotatable bonds is 18. The Hall–Kier alpha value is -3.75. The number of aryl methyl sites for hydroxylation is 1. The van der Waals surface area contributed by atoms with Gasteiger partial charge in [-0.25, -0.2) is 4.79 Å². The number of phenolic OH excluding ortho intramolecular Hbond substituents is 1. The number of unbranched alkanes of at least 4 members (excludes halogenated alkanes) is 4. The first kappa shape index (κ1) is 32.2. The third-order valence-electron chi connectivity index (χ3n) is 7.54. The Labute approximate surface area is 254 Å². The molecular formula is C36H43NO6. The van der Waals surface area contributed by atoms with Crippen LogP contribution in [0.5, 0.6) is 11.5 Å². The highest BCUT2D eigenvalue weighted by Crippen LogP contribution is 2.31. The highest BCUT2D eigenvalue weighted by atomic mass is 16.5. The molecule has 0 saturated carbocycles. The van der Waals surface area contributed by atoms with E-state index < -0.39 is 12.1 Å². The standard InChI is InChI=1S/C36H43NO6/c38-26-30-24-29(18-20-34(30)43-36(41)32-19-17-28-15-6-7-16-31(28)35(32)40)33(39)25-37-21-9-1-2-10-22-42-23-11-8-14-27-12-4-3-5-13-27/h3-7,12-13,15-20,24,33,37-40H,1-2,8-11,14,21-23,25-26H2. The molecule has 1 atom stereocenters. The number of ether oxygens (including phenoxy) is 2. The Bertz CT molecular complexity index is 1420. The van der Waals surface area contributed by atoms with Gasteiger partial charge in [-0.1, -0.05) is 79.6 Å². The van der Waals surface area contributed by atoms with Gasteiger partial charge in [0.15, 0.2) is 0 Å². The topological polar surface area (TPSA) is 108 Å². The van der Waals surface area contributed by atoms with Crippen LogP contribution in [0, 0.1) is 0 Å². The molecule has 0 aliphatic carbocycles. The van der Waals surface area contributed by atoms with Gasteiger partial charge in [0.1, 0.15) is 17.1 Å². The van der Waals surface area contributed by atoms with Gasteiger partial charge in [0.25, 0.3) is 0 Å². The van der Waals surface area contributed by atoms with Crippen LogP contribution < -0.4 is 10.1 Å². The van der Waals surface area contributed by atoms with Gasteiger partial charge in [-0.05, 0) is 73.4 Å². The maximum absolute atomic E-state index is 12.8. The molecule has 0 fully saturated rings. The predicted octanol–water partition coefficient (Wildman–Crippen LogP) is 6.48. The minimum absolute atomic E-state index is 0.0398. The highest BCUT2D eigenvalue weighted by molar-refractivity contribution is 6.01. The Morgan fingerprint density at radius 2 is 1.56 bits per heavy atom. The lowest BCUT2D eigenvalue weighted by molar-refractivity contribution is 0.0728. The van der Waals surface area contributed by atoms with Gasteiger partial charge in [0.05, 0.1) is 12.7 Å². The van der Waals surface area contributed by atoms with Crippen LogP contribution in [-0.2, 0) is 17.8 Å².